The highest BCUT2D eigenvalue weighted by atomic mass is 16.5. The molecule has 1 amide bonds. The van der Waals surface area contributed by atoms with Gasteiger partial charge in [-0.15, -0.1) is 0 Å². The van der Waals surface area contributed by atoms with Crippen LogP contribution in [0.2, 0.25) is 0 Å². The van der Waals surface area contributed by atoms with Gasteiger partial charge < -0.3 is 15.2 Å². The van der Waals surface area contributed by atoms with Crippen LogP contribution in [0.1, 0.15) is 12.0 Å². The van der Waals surface area contributed by atoms with Crippen molar-refractivity contribution in [1.29, 1.82) is 0 Å². The van der Waals surface area contributed by atoms with Crippen molar-refractivity contribution >= 4 is 17.6 Å². The molecule has 0 radical (unpaired) electrons. The average Bonchev–Trinajstić information content (AvgIpc) is 3.18. The van der Waals surface area contributed by atoms with Crippen LogP contribution in [-0.2, 0) is 20.7 Å². The molecule has 2 rings (SSSR count). The van der Waals surface area contributed by atoms with Gasteiger partial charge in [-0.3, -0.25) is 9.59 Å². The molecule has 0 aliphatic heterocycles. The van der Waals surface area contributed by atoms with E-state index in [4.69, 9.17) is 9.84 Å². The fourth-order valence-electron chi connectivity index (χ4n) is 2.06. The quantitative estimate of drug-likeness (QED) is 0.816. The number of anilines is 1. The number of amides is 1. The number of carbonyl (C=O) groups is 2. The van der Waals surface area contributed by atoms with Gasteiger partial charge in [0.1, 0.15) is 0 Å². The van der Waals surface area contributed by atoms with Crippen LogP contribution in [0.15, 0.2) is 24.3 Å². The van der Waals surface area contributed by atoms with E-state index in [1.54, 1.807) is 7.11 Å². The highest BCUT2D eigenvalue weighted by molar-refractivity contribution is 5.98. The van der Waals surface area contributed by atoms with E-state index in [0.29, 0.717) is 19.4 Å². The summed E-state index contributed by atoms with van der Waals surface area (Å²) in [5.74, 6) is -2.02. The Bertz CT molecular complexity index is 486. The summed E-state index contributed by atoms with van der Waals surface area (Å²) in [4.78, 5) is 22.7. The van der Waals surface area contributed by atoms with Gasteiger partial charge in [-0.25, -0.2) is 0 Å². The molecule has 0 spiro atoms. The Labute approximate surface area is 111 Å². The summed E-state index contributed by atoms with van der Waals surface area (Å²) in [5, 5.41) is 11.6. The topological polar surface area (TPSA) is 75.6 Å². The summed E-state index contributed by atoms with van der Waals surface area (Å²) < 4.78 is 5.02. The number of aliphatic carboxylic acids is 1. The molecule has 1 aliphatic rings. The Morgan fingerprint density at radius 2 is 2.11 bits per heavy atom. The summed E-state index contributed by atoms with van der Waals surface area (Å²) in [5.41, 5.74) is 1.73. The van der Waals surface area contributed by atoms with Gasteiger partial charge in [0, 0.05) is 12.8 Å². The SMILES string of the molecule is COCCc1ccccc1NC(=O)[C@@H]1C[C@@H]1C(=O)O. The maximum absolute atomic E-state index is 11.9. The summed E-state index contributed by atoms with van der Waals surface area (Å²) >= 11 is 0. The van der Waals surface area contributed by atoms with Crippen LogP contribution in [0.3, 0.4) is 0 Å². The highest BCUT2D eigenvalue weighted by Gasteiger charge is 2.48. The van der Waals surface area contributed by atoms with Crippen LogP contribution in [-0.4, -0.2) is 30.7 Å². The first-order chi connectivity index (χ1) is 9.13. The zero-order valence-electron chi connectivity index (χ0n) is 10.8. The molecule has 102 valence electrons. The number of carboxylic acids is 1. The van der Waals surface area contributed by atoms with Gasteiger partial charge in [-0.1, -0.05) is 18.2 Å². The molecule has 1 aliphatic carbocycles. The number of para-hydroxylation sites is 1. The zero-order chi connectivity index (χ0) is 13.8. The van der Waals surface area contributed by atoms with Crippen molar-refractivity contribution in [3.8, 4) is 0 Å². The molecule has 0 unspecified atom stereocenters. The third-order valence-electron chi connectivity index (χ3n) is 3.30. The molecule has 0 aromatic heterocycles. The molecule has 0 saturated heterocycles. The first kappa shape index (κ1) is 13.5. The van der Waals surface area contributed by atoms with E-state index < -0.39 is 17.8 Å². The lowest BCUT2D eigenvalue weighted by atomic mass is 10.1. The predicted molar refractivity (Wildman–Crippen MR) is 69.9 cm³/mol. The predicted octanol–water partition coefficient (Wildman–Crippen LogP) is 1.53. The van der Waals surface area contributed by atoms with E-state index in [2.05, 4.69) is 5.32 Å². The highest BCUT2D eigenvalue weighted by Crippen LogP contribution is 2.39. The van der Waals surface area contributed by atoms with Crippen LogP contribution in [0.25, 0.3) is 0 Å². The van der Waals surface area contributed by atoms with Crippen molar-refractivity contribution in [2.24, 2.45) is 11.8 Å². The van der Waals surface area contributed by atoms with Crippen LogP contribution >= 0.6 is 0 Å². The van der Waals surface area contributed by atoms with E-state index in [1.165, 1.54) is 0 Å². The monoisotopic (exact) mass is 263 g/mol. The Morgan fingerprint density at radius 3 is 2.74 bits per heavy atom. The van der Waals surface area contributed by atoms with Gasteiger partial charge in [0.05, 0.1) is 18.4 Å². The van der Waals surface area contributed by atoms with E-state index in [0.717, 1.165) is 11.3 Å². The summed E-state index contributed by atoms with van der Waals surface area (Å²) in [7, 11) is 1.63. The molecule has 1 aromatic carbocycles. The first-order valence-corrected chi connectivity index (χ1v) is 6.24. The van der Waals surface area contributed by atoms with Crippen molar-refractivity contribution in [3.05, 3.63) is 29.8 Å². The number of rotatable bonds is 6. The number of methoxy groups -OCH3 is 1. The largest absolute Gasteiger partial charge is 0.481 e. The molecular formula is C14H17NO4. The molecule has 2 N–H and O–H groups in total. The number of carbonyl (C=O) groups excluding carboxylic acids is 1. The third-order valence-corrected chi connectivity index (χ3v) is 3.30. The second kappa shape index (κ2) is 5.84. The van der Waals surface area contributed by atoms with Gasteiger partial charge in [0.25, 0.3) is 0 Å². The van der Waals surface area contributed by atoms with Gasteiger partial charge >= 0.3 is 5.97 Å². The van der Waals surface area contributed by atoms with E-state index in [9.17, 15) is 9.59 Å². The summed E-state index contributed by atoms with van der Waals surface area (Å²) in [6.45, 7) is 0.577. The fraction of sp³-hybridized carbons (Fsp3) is 0.429. The number of hydrogen-bond donors (Lipinski definition) is 2. The minimum absolute atomic E-state index is 0.211. The molecule has 0 bridgehead atoms. The Hall–Kier alpha value is -1.88. The van der Waals surface area contributed by atoms with Crippen LogP contribution in [0, 0.1) is 11.8 Å². The summed E-state index contributed by atoms with van der Waals surface area (Å²) in [6, 6.07) is 7.49. The van der Waals surface area contributed by atoms with Crippen LogP contribution in [0.4, 0.5) is 5.69 Å². The number of benzene rings is 1. The number of ether oxygens (including phenoxy) is 1. The lowest BCUT2D eigenvalue weighted by Crippen LogP contribution is -2.18. The molecule has 19 heavy (non-hydrogen) atoms. The minimum Gasteiger partial charge on any atom is -0.481 e. The van der Waals surface area contributed by atoms with Crippen molar-refractivity contribution in [2.75, 3.05) is 19.0 Å². The van der Waals surface area contributed by atoms with Gasteiger partial charge in [-0.05, 0) is 24.5 Å². The van der Waals surface area contributed by atoms with E-state index >= 15 is 0 Å². The van der Waals surface area contributed by atoms with Crippen molar-refractivity contribution in [2.45, 2.75) is 12.8 Å². The Morgan fingerprint density at radius 1 is 1.37 bits per heavy atom. The normalized spacial score (nSPS) is 20.9. The van der Waals surface area contributed by atoms with Crippen LogP contribution < -0.4 is 5.32 Å². The maximum Gasteiger partial charge on any atom is 0.307 e. The van der Waals surface area contributed by atoms with Gasteiger partial charge in [0.2, 0.25) is 5.91 Å². The Kier molecular flexibility index (Phi) is 4.16. The molecule has 1 aromatic rings. The van der Waals surface area contributed by atoms with Gasteiger partial charge in [-0.2, -0.15) is 0 Å². The third kappa shape index (κ3) is 3.32. The average molecular weight is 263 g/mol. The van der Waals surface area contributed by atoms with E-state index in [1.807, 2.05) is 24.3 Å². The lowest BCUT2D eigenvalue weighted by molar-refractivity contribution is -0.139. The Balaban J connectivity index is 1.99. The second-order valence-corrected chi connectivity index (χ2v) is 4.68. The van der Waals surface area contributed by atoms with Crippen molar-refractivity contribution in [1.82, 2.24) is 0 Å². The zero-order valence-corrected chi connectivity index (χ0v) is 10.8. The number of hydrogen-bond acceptors (Lipinski definition) is 3. The van der Waals surface area contributed by atoms with Crippen molar-refractivity contribution < 1.29 is 19.4 Å². The fourth-order valence-corrected chi connectivity index (χ4v) is 2.06. The molecule has 5 nitrogen and oxygen atoms in total. The maximum atomic E-state index is 11.9. The molecule has 0 heterocycles. The van der Waals surface area contributed by atoms with E-state index in [-0.39, 0.29) is 5.91 Å². The van der Waals surface area contributed by atoms with Crippen LogP contribution in [0.5, 0.6) is 0 Å². The molecule has 1 fully saturated rings. The lowest BCUT2D eigenvalue weighted by Gasteiger charge is -2.10. The van der Waals surface area contributed by atoms with Gasteiger partial charge in [0.15, 0.2) is 0 Å². The standard InChI is InChI=1S/C14H17NO4/c1-19-7-6-9-4-2-3-5-12(9)15-13(16)10-8-11(10)14(17)18/h2-5,10-11H,6-8H2,1H3,(H,15,16)(H,17,18)/t10-,11+/m1/s1. The second-order valence-electron chi connectivity index (χ2n) is 4.68. The molecule has 5 heteroatoms. The molecule has 2 atom stereocenters. The number of nitrogens with one attached hydrogen (secondary N) is 1. The molecular weight excluding hydrogens is 246 g/mol. The smallest absolute Gasteiger partial charge is 0.307 e. The minimum atomic E-state index is -0.896. The first-order valence-electron chi connectivity index (χ1n) is 6.24. The summed E-state index contributed by atoms with van der Waals surface area (Å²) in [6.07, 6.45) is 1.14. The van der Waals surface area contributed by atoms with Crippen molar-refractivity contribution in [3.63, 3.8) is 0 Å². The molecule has 1 saturated carbocycles. The number of carboxylic acid groups (broad SMARTS) is 1.